The van der Waals surface area contributed by atoms with Crippen molar-refractivity contribution in [3.05, 3.63) is 35.9 Å². The zero-order valence-electron chi connectivity index (χ0n) is 13.5. The quantitative estimate of drug-likeness (QED) is 0.746. The zero-order valence-corrected chi connectivity index (χ0v) is 13.5. The van der Waals surface area contributed by atoms with Gasteiger partial charge in [-0.05, 0) is 43.4 Å². The Balaban J connectivity index is 1.82. The van der Waals surface area contributed by atoms with Crippen LogP contribution in [0.2, 0.25) is 0 Å². The zero-order chi connectivity index (χ0) is 16.9. The number of nitrogens with two attached hydrogens (primary N) is 1. The topological polar surface area (TPSA) is 101 Å². The van der Waals surface area contributed by atoms with Gasteiger partial charge in [-0.25, -0.2) is 0 Å². The van der Waals surface area contributed by atoms with Crippen molar-refractivity contribution in [1.29, 1.82) is 0 Å². The minimum absolute atomic E-state index is 0.0139. The number of aromatic hydroxyl groups is 1. The van der Waals surface area contributed by atoms with Crippen molar-refractivity contribution in [2.24, 2.45) is 11.7 Å². The van der Waals surface area contributed by atoms with Gasteiger partial charge >= 0.3 is 0 Å². The smallest absolute Gasteiger partial charge is 0.236 e. The Hall–Kier alpha value is -2.47. The SMILES string of the molecule is CC1CC2(CC[C@H]1N)C(=O)Nc1nnc(-c3ccccc3O)cc12. The predicted octanol–water partition coefficient (Wildman–Crippen LogP) is 2.19. The Bertz CT molecular complexity index is 822. The van der Waals surface area contributed by atoms with Gasteiger partial charge in [-0.3, -0.25) is 4.79 Å². The number of hydrogen-bond donors (Lipinski definition) is 3. The lowest BCUT2D eigenvalue weighted by molar-refractivity contribution is -0.122. The summed E-state index contributed by atoms with van der Waals surface area (Å²) in [5.74, 6) is 0.927. The van der Waals surface area contributed by atoms with E-state index in [0.29, 0.717) is 29.9 Å². The summed E-state index contributed by atoms with van der Waals surface area (Å²) in [7, 11) is 0. The van der Waals surface area contributed by atoms with Gasteiger partial charge in [-0.2, -0.15) is 0 Å². The number of para-hydroxylation sites is 1. The molecular weight excluding hydrogens is 304 g/mol. The first-order valence-corrected chi connectivity index (χ1v) is 8.25. The largest absolute Gasteiger partial charge is 0.507 e. The molecule has 124 valence electrons. The Morgan fingerprint density at radius 3 is 2.88 bits per heavy atom. The number of aromatic nitrogens is 2. The molecule has 1 spiro atoms. The first-order valence-electron chi connectivity index (χ1n) is 8.25. The number of rotatable bonds is 1. The molecule has 1 amide bonds. The van der Waals surface area contributed by atoms with Gasteiger partial charge in [0.1, 0.15) is 5.75 Å². The van der Waals surface area contributed by atoms with E-state index in [0.717, 1.165) is 12.0 Å². The lowest BCUT2D eigenvalue weighted by Gasteiger charge is -2.38. The van der Waals surface area contributed by atoms with E-state index in [4.69, 9.17) is 5.73 Å². The molecule has 1 saturated carbocycles. The number of nitrogens with zero attached hydrogens (tertiary/aromatic N) is 2. The fourth-order valence-electron chi connectivity index (χ4n) is 3.97. The molecule has 4 rings (SSSR count). The van der Waals surface area contributed by atoms with Crippen molar-refractivity contribution in [3.8, 4) is 17.0 Å². The Kier molecular flexibility index (Phi) is 3.31. The van der Waals surface area contributed by atoms with E-state index >= 15 is 0 Å². The third-order valence-electron chi connectivity index (χ3n) is 5.46. The van der Waals surface area contributed by atoms with E-state index in [1.807, 2.05) is 12.1 Å². The molecule has 1 aliphatic carbocycles. The maximum atomic E-state index is 12.7. The van der Waals surface area contributed by atoms with Crippen LogP contribution in [0.1, 0.15) is 31.7 Å². The van der Waals surface area contributed by atoms with Crippen LogP contribution in [0, 0.1) is 5.92 Å². The number of hydrogen-bond acceptors (Lipinski definition) is 5. The molecule has 6 nitrogen and oxygen atoms in total. The minimum atomic E-state index is -0.584. The summed E-state index contributed by atoms with van der Waals surface area (Å²) >= 11 is 0. The van der Waals surface area contributed by atoms with E-state index in [2.05, 4.69) is 22.4 Å². The number of anilines is 1. The molecule has 0 bridgehead atoms. The summed E-state index contributed by atoms with van der Waals surface area (Å²) in [4.78, 5) is 12.7. The molecule has 3 atom stereocenters. The van der Waals surface area contributed by atoms with E-state index in [9.17, 15) is 9.90 Å². The van der Waals surface area contributed by atoms with Crippen molar-refractivity contribution in [2.75, 3.05) is 5.32 Å². The lowest BCUT2D eigenvalue weighted by atomic mass is 9.65. The van der Waals surface area contributed by atoms with E-state index in [1.165, 1.54) is 0 Å². The average molecular weight is 324 g/mol. The Labute approximate surface area is 140 Å². The van der Waals surface area contributed by atoms with Gasteiger partial charge in [0.25, 0.3) is 0 Å². The molecule has 6 heteroatoms. The molecule has 4 N–H and O–H groups in total. The van der Waals surface area contributed by atoms with Crippen molar-refractivity contribution in [2.45, 2.75) is 37.6 Å². The maximum absolute atomic E-state index is 12.7. The van der Waals surface area contributed by atoms with Gasteiger partial charge in [0.2, 0.25) is 5.91 Å². The van der Waals surface area contributed by atoms with Crippen molar-refractivity contribution < 1.29 is 9.90 Å². The van der Waals surface area contributed by atoms with Crippen molar-refractivity contribution in [3.63, 3.8) is 0 Å². The van der Waals surface area contributed by atoms with Gasteiger partial charge in [-0.1, -0.05) is 19.1 Å². The Morgan fingerprint density at radius 2 is 2.12 bits per heavy atom. The molecule has 2 heterocycles. The fourth-order valence-corrected chi connectivity index (χ4v) is 3.97. The van der Waals surface area contributed by atoms with Crippen LogP contribution in [0.25, 0.3) is 11.3 Å². The van der Waals surface area contributed by atoms with Crippen molar-refractivity contribution >= 4 is 11.7 Å². The predicted molar refractivity (Wildman–Crippen MR) is 90.4 cm³/mol. The molecule has 2 aromatic rings. The maximum Gasteiger partial charge on any atom is 0.236 e. The molecule has 1 fully saturated rings. The highest BCUT2D eigenvalue weighted by atomic mass is 16.3. The average Bonchev–Trinajstić information content (AvgIpc) is 2.83. The highest BCUT2D eigenvalue weighted by molar-refractivity contribution is 6.05. The molecule has 0 saturated heterocycles. The second-order valence-corrected chi connectivity index (χ2v) is 6.93. The lowest BCUT2D eigenvalue weighted by Crippen LogP contribution is -2.46. The van der Waals surface area contributed by atoms with Crippen LogP contribution in [-0.4, -0.2) is 27.3 Å². The Morgan fingerprint density at radius 1 is 1.33 bits per heavy atom. The fraction of sp³-hybridized carbons (Fsp3) is 0.389. The first-order chi connectivity index (χ1) is 11.5. The number of carbonyl (C=O) groups excluding carboxylic acids is 1. The molecule has 1 aromatic carbocycles. The number of carbonyl (C=O) groups is 1. The normalized spacial score (nSPS) is 28.7. The third kappa shape index (κ3) is 2.10. The second kappa shape index (κ2) is 5.27. The summed E-state index contributed by atoms with van der Waals surface area (Å²) in [6.45, 7) is 2.09. The van der Waals surface area contributed by atoms with E-state index in [1.54, 1.807) is 18.2 Å². The molecule has 2 aliphatic rings. The number of phenols is 1. The van der Waals surface area contributed by atoms with Gasteiger partial charge in [0.15, 0.2) is 5.82 Å². The van der Waals surface area contributed by atoms with Crippen LogP contribution >= 0.6 is 0 Å². The first kappa shape index (κ1) is 15.1. The third-order valence-corrected chi connectivity index (χ3v) is 5.46. The van der Waals surface area contributed by atoms with Crippen LogP contribution in [0.5, 0.6) is 5.75 Å². The standard InChI is InChI=1S/C18H20N4O2/c1-10-9-18(7-6-13(10)19)12-8-14(11-4-2-3-5-15(11)23)21-22-16(12)20-17(18)24/h2-5,8,10,13,23H,6-7,9,19H2,1H3,(H,20,22,24)/t10?,13-,18?/m1/s1. The highest BCUT2D eigenvalue weighted by Crippen LogP contribution is 2.48. The van der Waals surface area contributed by atoms with Crippen LogP contribution in [0.3, 0.4) is 0 Å². The monoisotopic (exact) mass is 324 g/mol. The number of benzene rings is 1. The number of phenolic OH excluding ortho intramolecular Hbond substituents is 1. The molecule has 24 heavy (non-hydrogen) atoms. The van der Waals surface area contributed by atoms with Gasteiger partial charge in [0, 0.05) is 17.2 Å². The van der Waals surface area contributed by atoms with E-state index in [-0.39, 0.29) is 23.6 Å². The van der Waals surface area contributed by atoms with Crippen LogP contribution in [-0.2, 0) is 10.2 Å². The summed E-state index contributed by atoms with van der Waals surface area (Å²) in [6, 6.07) is 9.02. The van der Waals surface area contributed by atoms with Crippen molar-refractivity contribution in [1.82, 2.24) is 10.2 Å². The van der Waals surface area contributed by atoms with Gasteiger partial charge < -0.3 is 16.2 Å². The molecular formula is C18H20N4O2. The van der Waals surface area contributed by atoms with Crippen LogP contribution in [0.4, 0.5) is 5.82 Å². The summed E-state index contributed by atoms with van der Waals surface area (Å²) < 4.78 is 0. The van der Waals surface area contributed by atoms with Gasteiger partial charge in [0.05, 0.1) is 11.1 Å². The molecule has 1 aromatic heterocycles. The summed E-state index contributed by atoms with van der Waals surface area (Å²) in [6.07, 6.45) is 2.23. The minimum Gasteiger partial charge on any atom is -0.507 e. The summed E-state index contributed by atoms with van der Waals surface area (Å²) in [5.41, 5.74) is 7.62. The van der Waals surface area contributed by atoms with E-state index < -0.39 is 5.41 Å². The highest BCUT2D eigenvalue weighted by Gasteiger charge is 2.51. The summed E-state index contributed by atoms with van der Waals surface area (Å²) in [5, 5.41) is 21.3. The molecule has 1 aliphatic heterocycles. The van der Waals surface area contributed by atoms with Crippen LogP contribution < -0.4 is 11.1 Å². The molecule has 0 radical (unpaired) electrons. The molecule has 2 unspecified atom stereocenters. The number of fused-ring (bicyclic) bond motifs is 2. The number of amides is 1. The number of nitrogens with one attached hydrogen (secondary N) is 1. The van der Waals surface area contributed by atoms with Gasteiger partial charge in [-0.15, -0.1) is 10.2 Å². The van der Waals surface area contributed by atoms with Crippen LogP contribution in [0.15, 0.2) is 30.3 Å². The second-order valence-electron chi connectivity index (χ2n) is 6.93.